The molecule has 0 radical (unpaired) electrons. The molecular weight excluding hydrogens is 230 g/mol. The van der Waals surface area contributed by atoms with Gasteiger partial charge in [0.05, 0.1) is 0 Å². The van der Waals surface area contributed by atoms with Gasteiger partial charge in [-0.15, -0.1) is 0 Å². The molecule has 4 heteroatoms. The van der Waals surface area contributed by atoms with Crippen molar-refractivity contribution in [2.75, 3.05) is 6.54 Å². The highest BCUT2D eigenvalue weighted by molar-refractivity contribution is 5.82. The summed E-state index contributed by atoms with van der Waals surface area (Å²) in [4.78, 5) is 12.0. The molecule has 98 valence electrons. The Morgan fingerprint density at radius 3 is 2.50 bits per heavy atom. The fourth-order valence-electron chi connectivity index (χ4n) is 1.81. The summed E-state index contributed by atoms with van der Waals surface area (Å²) in [5.74, 6) is 1.62. The molecule has 1 aromatic rings. The normalized spacial score (nSPS) is 21.8. The molecule has 0 fully saturated rings. The van der Waals surface area contributed by atoms with E-state index in [0.717, 1.165) is 0 Å². The quantitative estimate of drug-likeness (QED) is 0.891. The van der Waals surface area contributed by atoms with Crippen LogP contribution in [0.1, 0.15) is 20.8 Å². The third-order valence-electron chi connectivity index (χ3n) is 2.79. The van der Waals surface area contributed by atoms with Crippen LogP contribution in [-0.4, -0.2) is 24.7 Å². The third kappa shape index (κ3) is 2.75. The van der Waals surface area contributed by atoms with Gasteiger partial charge in [-0.2, -0.15) is 0 Å². The van der Waals surface area contributed by atoms with Gasteiger partial charge in [0.15, 0.2) is 11.5 Å². The first-order valence-corrected chi connectivity index (χ1v) is 6.28. The number of amides is 1. The summed E-state index contributed by atoms with van der Waals surface area (Å²) >= 11 is 0. The number of fused-ring (bicyclic) bond motifs is 1. The predicted octanol–water partition coefficient (Wildman–Crippen LogP) is 1.99. The molecule has 2 rings (SSSR count). The number of benzene rings is 1. The van der Waals surface area contributed by atoms with Crippen LogP contribution in [0.3, 0.4) is 0 Å². The van der Waals surface area contributed by atoms with Gasteiger partial charge in [0.1, 0.15) is 6.10 Å². The average Bonchev–Trinajstić information content (AvgIpc) is 2.35. The Morgan fingerprint density at radius 1 is 1.28 bits per heavy atom. The molecule has 0 aromatic heterocycles. The fraction of sp³-hybridized carbons (Fsp3) is 0.500. The fourth-order valence-corrected chi connectivity index (χ4v) is 1.81. The van der Waals surface area contributed by atoms with E-state index in [1.165, 1.54) is 0 Å². The Bertz CT molecular complexity index is 431. The van der Waals surface area contributed by atoms with Gasteiger partial charge in [-0.25, -0.2) is 0 Å². The Hall–Kier alpha value is -1.71. The van der Waals surface area contributed by atoms with Crippen molar-refractivity contribution in [1.82, 2.24) is 5.32 Å². The van der Waals surface area contributed by atoms with E-state index in [0.29, 0.717) is 24.0 Å². The average molecular weight is 249 g/mol. The summed E-state index contributed by atoms with van der Waals surface area (Å²) in [5.41, 5.74) is 0. The van der Waals surface area contributed by atoms with Crippen molar-refractivity contribution in [1.29, 1.82) is 0 Å². The molecular formula is C14H19NO3. The lowest BCUT2D eigenvalue weighted by molar-refractivity contribution is -0.133. The van der Waals surface area contributed by atoms with E-state index in [1.54, 1.807) is 0 Å². The number of rotatable bonds is 3. The molecule has 0 spiro atoms. The molecule has 0 unspecified atom stereocenters. The van der Waals surface area contributed by atoms with E-state index < -0.39 is 6.10 Å². The molecule has 18 heavy (non-hydrogen) atoms. The first kappa shape index (κ1) is 12.7. The van der Waals surface area contributed by atoms with E-state index >= 15 is 0 Å². The molecule has 2 atom stereocenters. The highest BCUT2D eigenvalue weighted by Crippen LogP contribution is 2.33. The number of nitrogens with one attached hydrogen (secondary N) is 1. The van der Waals surface area contributed by atoms with Crippen molar-refractivity contribution >= 4 is 5.91 Å². The number of carbonyl (C=O) groups is 1. The molecule has 1 aromatic carbocycles. The van der Waals surface area contributed by atoms with Crippen molar-refractivity contribution < 1.29 is 14.3 Å². The zero-order valence-electron chi connectivity index (χ0n) is 11.0. The standard InChI is InChI=1S/C14H19NO3/c1-9(2)8-15-14(16)13-10(3)17-11-6-4-5-7-12(11)18-13/h4-7,9-10,13H,8H2,1-3H3,(H,15,16)/t10-,13-/m0/s1. The Balaban J connectivity index is 2.05. The molecule has 1 heterocycles. The van der Waals surface area contributed by atoms with Gasteiger partial charge in [0.25, 0.3) is 5.91 Å². The summed E-state index contributed by atoms with van der Waals surface area (Å²) in [6, 6.07) is 7.40. The summed E-state index contributed by atoms with van der Waals surface area (Å²) in [6.07, 6.45) is -0.870. The first-order valence-electron chi connectivity index (χ1n) is 6.28. The van der Waals surface area contributed by atoms with Gasteiger partial charge in [-0.05, 0) is 25.0 Å². The minimum absolute atomic E-state index is 0.120. The second-order valence-electron chi connectivity index (χ2n) is 4.95. The molecule has 1 N–H and O–H groups in total. The maximum atomic E-state index is 12.0. The summed E-state index contributed by atoms with van der Waals surface area (Å²) in [7, 11) is 0. The number of hydrogen-bond acceptors (Lipinski definition) is 3. The Kier molecular flexibility index (Phi) is 3.75. The van der Waals surface area contributed by atoms with E-state index in [9.17, 15) is 4.79 Å². The largest absolute Gasteiger partial charge is 0.482 e. The van der Waals surface area contributed by atoms with Crippen LogP contribution in [0.25, 0.3) is 0 Å². The molecule has 0 bridgehead atoms. The van der Waals surface area contributed by atoms with Gasteiger partial charge in [-0.1, -0.05) is 26.0 Å². The van der Waals surface area contributed by atoms with Crippen molar-refractivity contribution in [2.45, 2.75) is 33.0 Å². The van der Waals surface area contributed by atoms with Crippen molar-refractivity contribution in [3.05, 3.63) is 24.3 Å². The van der Waals surface area contributed by atoms with Crippen molar-refractivity contribution in [3.63, 3.8) is 0 Å². The molecule has 0 saturated carbocycles. The second kappa shape index (κ2) is 5.29. The molecule has 1 aliphatic heterocycles. The lowest BCUT2D eigenvalue weighted by atomic mass is 10.1. The first-order chi connectivity index (χ1) is 8.58. The summed E-state index contributed by atoms with van der Waals surface area (Å²) in [5, 5.41) is 2.87. The van der Waals surface area contributed by atoms with Crippen LogP contribution < -0.4 is 14.8 Å². The lowest BCUT2D eigenvalue weighted by Crippen LogP contribution is -2.49. The highest BCUT2D eigenvalue weighted by Gasteiger charge is 2.33. The van der Waals surface area contributed by atoms with Crippen LogP contribution in [-0.2, 0) is 4.79 Å². The molecule has 0 aliphatic carbocycles. The van der Waals surface area contributed by atoms with Crippen LogP contribution in [0, 0.1) is 5.92 Å². The second-order valence-corrected chi connectivity index (χ2v) is 4.95. The molecule has 1 amide bonds. The van der Waals surface area contributed by atoms with E-state index in [1.807, 2.05) is 31.2 Å². The van der Waals surface area contributed by atoms with Crippen LogP contribution in [0.5, 0.6) is 11.5 Å². The minimum atomic E-state index is -0.585. The van der Waals surface area contributed by atoms with Gasteiger partial charge in [-0.3, -0.25) is 4.79 Å². The van der Waals surface area contributed by atoms with E-state index in [-0.39, 0.29) is 12.0 Å². The van der Waals surface area contributed by atoms with Crippen molar-refractivity contribution in [2.24, 2.45) is 5.92 Å². The van der Waals surface area contributed by atoms with Crippen LogP contribution in [0.15, 0.2) is 24.3 Å². The molecule has 4 nitrogen and oxygen atoms in total. The van der Waals surface area contributed by atoms with Crippen molar-refractivity contribution in [3.8, 4) is 11.5 Å². The predicted molar refractivity (Wildman–Crippen MR) is 68.8 cm³/mol. The van der Waals surface area contributed by atoms with Crippen LogP contribution in [0.4, 0.5) is 0 Å². The van der Waals surface area contributed by atoms with Gasteiger partial charge < -0.3 is 14.8 Å². The maximum absolute atomic E-state index is 12.0. The van der Waals surface area contributed by atoms with Gasteiger partial charge in [0.2, 0.25) is 6.10 Å². The Morgan fingerprint density at radius 2 is 1.89 bits per heavy atom. The number of carbonyl (C=O) groups excluding carboxylic acids is 1. The minimum Gasteiger partial charge on any atom is -0.482 e. The highest BCUT2D eigenvalue weighted by atomic mass is 16.6. The summed E-state index contributed by atoms with van der Waals surface area (Å²) < 4.78 is 11.4. The molecule has 1 aliphatic rings. The Labute approximate surface area is 107 Å². The van der Waals surface area contributed by atoms with E-state index in [4.69, 9.17) is 9.47 Å². The molecule has 0 saturated heterocycles. The van der Waals surface area contributed by atoms with Gasteiger partial charge in [0, 0.05) is 6.54 Å². The number of ether oxygens (including phenoxy) is 2. The lowest BCUT2D eigenvalue weighted by Gasteiger charge is -2.31. The number of para-hydroxylation sites is 2. The monoisotopic (exact) mass is 249 g/mol. The zero-order chi connectivity index (χ0) is 13.1. The zero-order valence-corrected chi connectivity index (χ0v) is 11.0. The maximum Gasteiger partial charge on any atom is 0.265 e. The summed E-state index contributed by atoms with van der Waals surface area (Å²) in [6.45, 7) is 6.59. The van der Waals surface area contributed by atoms with E-state index in [2.05, 4.69) is 19.2 Å². The smallest absolute Gasteiger partial charge is 0.265 e. The third-order valence-corrected chi connectivity index (χ3v) is 2.79. The topological polar surface area (TPSA) is 47.6 Å². The SMILES string of the molecule is CC(C)CNC(=O)[C@H]1Oc2ccccc2O[C@H]1C. The number of hydrogen-bond donors (Lipinski definition) is 1. The van der Waals surface area contributed by atoms with Gasteiger partial charge >= 0.3 is 0 Å². The van der Waals surface area contributed by atoms with Crippen LogP contribution >= 0.6 is 0 Å². The van der Waals surface area contributed by atoms with Crippen LogP contribution in [0.2, 0.25) is 0 Å².